The number of nitrogens with zero attached hydrogens (tertiary/aromatic N) is 4. The van der Waals surface area contributed by atoms with Gasteiger partial charge in [0, 0.05) is 11.1 Å². The van der Waals surface area contributed by atoms with Crippen molar-refractivity contribution >= 4 is 17.1 Å². The van der Waals surface area contributed by atoms with Crippen molar-refractivity contribution in [3.05, 3.63) is 82.0 Å². The van der Waals surface area contributed by atoms with E-state index in [1.54, 1.807) is 25.4 Å². The zero-order valence-corrected chi connectivity index (χ0v) is 14.5. The van der Waals surface area contributed by atoms with Gasteiger partial charge in [-0.05, 0) is 26.0 Å². The van der Waals surface area contributed by atoms with E-state index >= 15 is 0 Å². The predicted octanol–water partition coefficient (Wildman–Crippen LogP) is 3.29. The van der Waals surface area contributed by atoms with Gasteiger partial charge >= 0.3 is 0 Å². The van der Waals surface area contributed by atoms with E-state index in [1.807, 2.05) is 49.4 Å². The first-order chi connectivity index (χ1) is 12.6. The molecule has 0 fully saturated rings. The molecule has 0 unspecified atom stereocenters. The fraction of sp³-hybridized carbons (Fsp3) is 0.100. The lowest BCUT2D eigenvalue weighted by Gasteiger charge is -2.05. The molecule has 2 heterocycles. The number of aromatic nitrogens is 4. The smallest absolute Gasteiger partial charge is 0.277 e. The molecule has 4 aromatic rings. The number of rotatable bonds is 3. The molecule has 26 heavy (non-hydrogen) atoms. The van der Waals surface area contributed by atoms with Gasteiger partial charge in [-0.15, -0.1) is 0 Å². The summed E-state index contributed by atoms with van der Waals surface area (Å²) in [7, 11) is 0. The van der Waals surface area contributed by atoms with Gasteiger partial charge in [-0.2, -0.15) is 14.9 Å². The van der Waals surface area contributed by atoms with Gasteiger partial charge in [0.05, 0.1) is 29.0 Å². The van der Waals surface area contributed by atoms with E-state index in [1.165, 1.54) is 10.2 Å². The minimum atomic E-state index is -0.190. The normalized spacial score (nSPS) is 11.5. The molecule has 4 rings (SSSR count). The second-order valence-electron chi connectivity index (χ2n) is 6.10. The average molecular weight is 343 g/mol. The molecule has 0 radical (unpaired) electrons. The molecule has 128 valence electrons. The molecule has 0 aliphatic rings. The Morgan fingerprint density at radius 1 is 1.08 bits per heavy atom. The number of hydrogen-bond acceptors (Lipinski definition) is 4. The van der Waals surface area contributed by atoms with Crippen LogP contribution >= 0.6 is 0 Å². The molecular weight excluding hydrogens is 326 g/mol. The Morgan fingerprint density at radius 2 is 1.85 bits per heavy atom. The molecule has 6 nitrogen and oxygen atoms in total. The number of hydrogen-bond donors (Lipinski definition) is 1. The van der Waals surface area contributed by atoms with Crippen molar-refractivity contribution in [2.24, 2.45) is 5.10 Å². The van der Waals surface area contributed by atoms with Crippen molar-refractivity contribution in [1.29, 1.82) is 0 Å². The van der Waals surface area contributed by atoms with Crippen LogP contribution in [-0.2, 0) is 0 Å². The van der Waals surface area contributed by atoms with Gasteiger partial charge in [0.2, 0.25) is 0 Å². The van der Waals surface area contributed by atoms with E-state index in [0.717, 1.165) is 16.8 Å². The van der Waals surface area contributed by atoms with E-state index in [4.69, 9.17) is 0 Å². The van der Waals surface area contributed by atoms with E-state index in [2.05, 4.69) is 20.3 Å². The molecule has 0 aliphatic heterocycles. The Balaban J connectivity index is 1.76. The van der Waals surface area contributed by atoms with E-state index in [9.17, 15) is 4.79 Å². The summed E-state index contributed by atoms with van der Waals surface area (Å²) in [5, 5.41) is 12.0. The van der Waals surface area contributed by atoms with Gasteiger partial charge in [0.1, 0.15) is 5.82 Å². The lowest BCUT2D eigenvalue weighted by Crippen LogP contribution is -2.20. The van der Waals surface area contributed by atoms with E-state index in [-0.39, 0.29) is 5.56 Å². The first kappa shape index (κ1) is 16.0. The third-order valence-electron chi connectivity index (χ3n) is 4.24. The summed E-state index contributed by atoms with van der Waals surface area (Å²) < 4.78 is 1.31. The van der Waals surface area contributed by atoms with Crippen molar-refractivity contribution in [3.63, 3.8) is 0 Å². The maximum absolute atomic E-state index is 12.7. The van der Waals surface area contributed by atoms with Crippen molar-refractivity contribution in [3.8, 4) is 11.3 Å². The summed E-state index contributed by atoms with van der Waals surface area (Å²) >= 11 is 0. The predicted molar refractivity (Wildman–Crippen MR) is 102 cm³/mol. The Bertz CT molecular complexity index is 1170. The van der Waals surface area contributed by atoms with Gasteiger partial charge in [0.25, 0.3) is 5.56 Å². The Morgan fingerprint density at radius 3 is 2.65 bits per heavy atom. The largest absolute Gasteiger partial charge is 0.282 e. The summed E-state index contributed by atoms with van der Waals surface area (Å²) in [5.74, 6) is 0.533. The van der Waals surface area contributed by atoms with Crippen LogP contribution in [0.25, 0.3) is 22.2 Å². The van der Waals surface area contributed by atoms with Crippen LogP contribution in [0.3, 0.4) is 0 Å². The third kappa shape index (κ3) is 2.82. The summed E-state index contributed by atoms with van der Waals surface area (Å²) in [6.45, 7) is 3.81. The van der Waals surface area contributed by atoms with Gasteiger partial charge in [-0.25, -0.2) is 4.98 Å². The molecule has 0 saturated heterocycles. The zero-order valence-electron chi connectivity index (χ0n) is 14.5. The Hall–Kier alpha value is -3.54. The number of aryl methyl sites for hydroxylation is 2. The van der Waals surface area contributed by atoms with Crippen LogP contribution in [0, 0.1) is 13.8 Å². The SMILES string of the molecule is Cc1ccc(-c2[nH]ncc2/C=N\n2c(C)nc3ccccc3c2=O)cc1. The first-order valence-corrected chi connectivity index (χ1v) is 8.26. The van der Waals surface area contributed by atoms with Crippen LogP contribution in [0.5, 0.6) is 0 Å². The number of fused-ring (bicyclic) bond motifs is 1. The van der Waals surface area contributed by atoms with Crippen molar-refractivity contribution in [1.82, 2.24) is 19.9 Å². The Kier molecular flexibility index (Phi) is 3.93. The van der Waals surface area contributed by atoms with Gasteiger partial charge < -0.3 is 0 Å². The first-order valence-electron chi connectivity index (χ1n) is 8.26. The highest BCUT2D eigenvalue weighted by atomic mass is 16.1. The lowest BCUT2D eigenvalue weighted by molar-refractivity contribution is 0.771. The fourth-order valence-electron chi connectivity index (χ4n) is 2.84. The summed E-state index contributed by atoms with van der Waals surface area (Å²) in [6.07, 6.45) is 3.32. The van der Waals surface area contributed by atoms with Crippen LogP contribution < -0.4 is 5.56 Å². The minimum Gasteiger partial charge on any atom is -0.277 e. The molecule has 1 N–H and O–H groups in total. The third-order valence-corrected chi connectivity index (χ3v) is 4.24. The standard InChI is InChI=1S/C20H17N5O/c1-13-7-9-15(10-8-13)19-16(11-21-24-19)12-22-25-14(2)23-18-6-4-3-5-17(18)20(25)26/h3-12H,1-2H3,(H,21,24)/b22-12-. The van der Waals surface area contributed by atoms with Crippen molar-refractivity contribution in [2.75, 3.05) is 0 Å². The van der Waals surface area contributed by atoms with Crippen LogP contribution in [0.4, 0.5) is 0 Å². The number of aromatic amines is 1. The molecule has 2 aromatic carbocycles. The Labute approximate surface area is 149 Å². The molecule has 0 bridgehead atoms. The van der Waals surface area contributed by atoms with Crippen LogP contribution in [0.1, 0.15) is 17.0 Å². The van der Waals surface area contributed by atoms with Crippen LogP contribution in [0.2, 0.25) is 0 Å². The lowest BCUT2D eigenvalue weighted by atomic mass is 10.1. The number of H-pyrrole nitrogens is 1. The van der Waals surface area contributed by atoms with E-state index < -0.39 is 0 Å². The zero-order chi connectivity index (χ0) is 18.1. The number of para-hydroxylation sites is 1. The summed E-state index contributed by atoms with van der Waals surface area (Å²) in [6, 6.07) is 15.4. The molecular formula is C20H17N5O. The number of nitrogens with one attached hydrogen (secondary N) is 1. The quantitative estimate of drug-likeness (QED) is 0.580. The highest BCUT2D eigenvalue weighted by Crippen LogP contribution is 2.20. The van der Waals surface area contributed by atoms with E-state index in [0.29, 0.717) is 16.7 Å². The number of benzene rings is 2. The van der Waals surface area contributed by atoms with Gasteiger partial charge in [0.15, 0.2) is 0 Å². The second-order valence-corrected chi connectivity index (χ2v) is 6.10. The highest BCUT2D eigenvalue weighted by Gasteiger charge is 2.08. The monoisotopic (exact) mass is 343 g/mol. The molecule has 0 aliphatic carbocycles. The molecule has 0 spiro atoms. The second kappa shape index (κ2) is 6.40. The maximum Gasteiger partial charge on any atom is 0.282 e. The molecule has 0 amide bonds. The summed E-state index contributed by atoms with van der Waals surface area (Å²) in [5.41, 5.74) is 4.33. The molecule has 2 aromatic heterocycles. The maximum atomic E-state index is 12.7. The van der Waals surface area contributed by atoms with Crippen LogP contribution in [0.15, 0.2) is 64.6 Å². The fourth-order valence-corrected chi connectivity index (χ4v) is 2.84. The molecule has 0 atom stereocenters. The average Bonchev–Trinajstić information content (AvgIpc) is 3.11. The van der Waals surface area contributed by atoms with Crippen molar-refractivity contribution < 1.29 is 0 Å². The van der Waals surface area contributed by atoms with Gasteiger partial charge in [-0.1, -0.05) is 42.0 Å². The van der Waals surface area contributed by atoms with Gasteiger partial charge in [-0.3, -0.25) is 9.89 Å². The summed E-state index contributed by atoms with van der Waals surface area (Å²) in [4.78, 5) is 17.1. The topological polar surface area (TPSA) is 75.9 Å². The molecule has 0 saturated carbocycles. The minimum absolute atomic E-state index is 0.190. The molecule has 6 heteroatoms. The van der Waals surface area contributed by atoms with Crippen molar-refractivity contribution in [2.45, 2.75) is 13.8 Å². The van der Waals surface area contributed by atoms with Crippen LogP contribution in [-0.4, -0.2) is 26.1 Å². The highest BCUT2D eigenvalue weighted by molar-refractivity contribution is 5.88.